The highest BCUT2D eigenvalue weighted by Crippen LogP contribution is 2.59. The van der Waals surface area contributed by atoms with E-state index < -0.39 is 62.6 Å². The van der Waals surface area contributed by atoms with Gasteiger partial charge in [0.05, 0.1) is 23.6 Å². The van der Waals surface area contributed by atoms with Gasteiger partial charge in [-0.15, -0.1) is 0 Å². The van der Waals surface area contributed by atoms with E-state index in [9.17, 15) is 13.2 Å². The molecule has 4 rings (SSSR count). The Morgan fingerprint density at radius 2 is 1.87 bits per heavy atom. The molecule has 1 aliphatic carbocycles. The molecule has 3 heterocycles. The maximum Gasteiger partial charge on any atom is 0.424 e. The summed E-state index contributed by atoms with van der Waals surface area (Å²) in [5.74, 6) is -5.62. The molecule has 0 spiro atoms. The molecular weight excluding hydrogens is 528 g/mol. The Morgan fingerprint density at radius 1 is 1.18 bits per heavy atom. The van der Waals surface area contributed by atoms with Crippen molar-refractivity contribution in [1.82, 2.24) is 14.3 Å². The SMILES string of the molecule is COc1ncccc1-c1ccc(/C=C/[C@@H]2[C@@H]3[C@@H](C)N(C(=O)OC(C)(C)C)S(=O)(=O)[C@]3(C)CC(F)(F)[C@H]2C)nc1. The zero-order chi connectivity index (χ0) is 29.0. The fourth-order valence-corrected chi connectivity index (χ4v) is 8.26. The molecule has 2 fully saturated rings. The third-order valence-corrected chi connectivity index (χ3v) is 10.4. The molecule has 5 atom stereocenters. The monoisotopic (exact) mass is 563 g/mol. The van der Waals surface area contributed by atoms with E-state index in [0.717, 1.165) is 11.1 Å². The Bertz CT molecular complexity index is 1370. The van der Waals surface area contributed by atoms with Crippen molar-refractivity contribution in [3.05, 3.63) is 48.4 Å². The highest BCUT2D eigenvalue weighted by atomic mass is 32.2. The van der Waals surface area contributed by atoms with Crippen LogP contribution in [0.15, 0.2) is 42.7 Å². The number of nitrogens with zero attached hydrogens (tertiary/aromatic N) is 3. The molecule has 2 aromatic rings. The number of ether oxygens (including phenoxy) is 2. The van der Waals surface area contributed by atoms with Crippen LogP contribution in [0.3, 0.4) is 0 Å². The molecule has 0 N–H and O–H groups in total. The number of sulfonamides is 1. The van der Waals surface area contributed by atoms with Gasteiger partial charge in [-0.2, -0.15) is 0 Å². The van der Waals surface area contributed by atoms with Gasteiger partial charge in [0.15, 0.2) is 0 Å². The minimum atomic E-state index is -4.45. The second kappa shape index (κ2) is 9.83. The zero-order valence-electron chi connectivity index (χ0n) is 23.2. The van der Waals surface area contributed by atoms with Crippen molar-refractivity contribution >= 4 is 22.2 Å². The average molecular weight is 564 g/mol. The Morgan fingerprint density at radius 3 is 2.46 bits per heavy atom. The van der Waals surface area contributed by atoms with Crippen LogP contribution in [0.25, 0.3) is 17.2 Å². The lowest BCUT2D eigenvalue weighted by Gasteiger charge is -2.46. The molecule has 0 bridgehead atoms. The number of rotatable bonds is 4. The number of allylic oxidation sites excluding steroid dienone is 1. The van der Waals surface area contributed by atoms with Crippen molar-refractivity contribution in [2.45, 2.75) is 70.3 Å². The van der Waals surface area contributed by atoms with E-state index in [-0.39, 0.29) is 0 Å². The Labute approximate surface area is 228 Å². The Hall–Kier alpha value is -3.08. The smallest absolute Gasteiger partial charge is 0.424 e. The highest BCUT2D eigenvalue weighted by Gasteiger charge is 2.71. The van der Waals surface area contributed by atoms with E-state index in [4.69, 9.17) is 9.47 Å². The molecule has 2 aromatic heterocycles. The topological polar surface area (TPSA) is 98.7 Å². The van der Waals surface area contributed by atoms with Crippen molar-refractivity contribution in [1.29, 1.82) is 0 Å². The van der Waals surface area contributed by atoms with E-state index in [2.05, 4.69) is 9.97 Å². The Kier molecular flexibility index (Phi) is 7.29. The number of methoxy groups -OCH3 is 1. The minimum Gasteiger partial charge on any atom is -0.481 e. The van der Waals surface area contributed by atoms with Crippen molar-refractivity contribution in [3.8, 4) is 17.0 Å². The molecule has 1 saturated heterocycles. The summed E-state index contributed by atoms with van der Waals surface area (Å²) in [7, 11) is -2.92. The lowest BCUT2D eigenvalue weighted by molar-refractivity contribution is -0.122. The van der Waals surface area contributed by atoms with Crippen molar-refractivity contribution in [3.63, 3.8) is 0 Å². The van der Waals surface area contributed by atoms with Crippen LogP contribution in [0.2, 0.25) is 0 Å². The molecule has 1 aliphatic heterocycles. The van der Waals surface area contributed by atoms with E-state index >= 15 is 8.78 Å². The van der Waals surface area contributed by atoms with E-state index in [1.54, 1.807) is 64.4 Å². The molecule has 39 heavy (non-hydrogen) atoms. The molecule has 1 amide bonds. The number of fused-ring (bicyclic) bond motifs is 1. The summed E-state index contributed by atoms with van der Waals surface area (Å²) in [6, 6.07) is 6.32. The Balaban J connectivity index is 1.69. The average Bonchev–Trinajstić information content (AvgIpc) is 2.98. The molecule has 0 radical (unpaired) electrons. The van der Waals surface area contributed by atoms with Gasteiger partial charge in [0, 0.05) is 41.8 Å². The van der Waals surface area contributed by atoms with Crippen molar-refractivity contribution < 1.29 is 31.5 Å². The third kappa shape index (κ3) is 5.01. The number of hydrogen-bond donors (Lipinski definition) is 0. The second-order valence-electron chi connectivity index (χ2n) is 11.6. The van der Waals surface area contributed by atoms with Crippen LogP contribution < -0.4 is 4.74 Å². The number of alkyl halides is 2. The van der Waals surface area contributed by atoms with Gasteiger partial charge in [-0.3, -0.25) is 4.98 Å². The number of hydrogen-bond acceptors (Lipinski definition) is 7. The summed E-state index contributed by atoms with van der Waals surface area (Å²) < 4.78 is 67.6. The first kappa shape index (κ1) is 28.9. The van der Waals surface area contributed by atoms with Crippen molar-refractivity contribution in [2.24, 2.45) is 17.8 Å². The number of amides is 1. The number of carbonyl (C=O) groups is 1. The van der Waals surface area contributed by atoms with Crippen LogP contribution in [-0.2, 0) is 14.8 Å². The first-order chi connectivity index (χ1) is 18.0. The molecule has 0 aromatic carbocycles. The van der Waals surface area contributed by atoms with Crippen LogP contribution in [0.1, 0.15) is 53.7 Å². The molecule has 212 valence electrons. The summed E-state index contributed by atoms with van der Waals surface area (Å²) >= 11 is 0. The number of halogens is 2. The van der Waals surface area contributed by atoms with Gasteiger partial charge in [0.1, 0.15) is 5.60 Å². The second-order valence-corrected chi connectivity index (χ2v) is 13.8. The van der Waals surface area contributed by atoms with Gasteiger partial charge in [0.25, 0.3) is 5.92 Å². The summed E-state index contributed by atoms with van der Waals surface area (Å²) in [6.45, 7) is 9.20. The lowest BCUT2D eigenvalue weighted by atomic mass is 9.63. The normalized spacial score (nSPS) is 29.7. The quantitative estimate of drug-likeness (QED) is 0.464. The van der Waals surface area contributed by atoms with E-state index in [1.807, 2.05) is 12.1 Å². The largest absolute Gasteiger partial charge is 0.481 e. The number of pyridine rings is 2. The van der Waals surface area contributed by atoms with Crippen LogP contribution >= 0.6 is 0 Å². The van der Waals surface area contributed by atoms with Gasteiger partial charge >= 0.3 is 6.09 Å². The first-order valence-electron chi connectivity index (χ1n) is 12.8. The molecule has 11 heteroatoms. The maximum absolute atomic E-state index is 15.4. The summed E-state index contributed by atoms with van der Waals surface area (Å²) in [4.78, 5) is 21.6. The zero-order valence-corrected chi connectivity index (χ0v) is 24.0. The van der Waals surface area contributed by atoms with Crippen LogP contribution in [-0.4, -0.2) is 58.2 Å². The molecule has 8 nitrogen and oxygen atoms in total. The minimum absolute atomic E-state index is 0.450. The van der Waals surface area contributed by atoms with E-state index in [1.165, 1.54) is 21.0 Å². The predicted molar refractivity (Wildman–Crippen MR) is 144 cm³/mol. The fraction of sp³-hybridized carbons (Fsp3) is 0.536. The van der Waals surface area contributed by atoms with Crippen LogP contribution in [0.5, 0.6) is 5.88 Å². The van der Waals surface area contributed by atoms with Gasteiger partial charge in [-0.25, -0.2) is 31.3 Å². The van der Waals surface area contributed by atoms with Crippen molar-refractivity contribution in [2.75, 3.05) is 7.11 Å². The summed E-state index contributed by atoms with van der Waals surface area (Å²) in [5.41, 5.74) is 1.09. The fourth-order valence-electron chi connectivity index (χ4n) is 5.93. The molecule has 2 aliphatic rings. The standard InChI is InChI=1S/C28H35F2N3O5S/c1-17-21(13-12-20-11-10-19(15-32-20)22-9-8-14-31-24(22)37-7)23-18(2)33(25(34)38-26(3,4)5)39(35,36)27(23,6)16-28(17,29)30/h8-15,17-18,21,23H,16H2,1-7H3/b13-12+/t17-,18+,21-,23-,27+/m0/s1. The van der Waals surface area contributed by atoms with Gasteiger partial charge in [-0.1, -0.05) is 19.1 Å². The van der Waals surface area contributed by atoms with Crippen LogP contribution in [0, 0.1) is 17.8 Å². The summed E-state index contributed by atoms with van der Waals surface area (Å²) in [6.07, 6.45) is 4.57. The number of aromatic nitrogens is 2. The third-order valence-electron chi connectivity index (χ3n) is 7.81. The highest BCUT2D eigenvalue weighted by molar-refractivity contribution is 7.91. The molecular formula is C28H35F2N3O5S. The summed E-state index contributed by atoms with van der Waals surface area (Å²) in [5, 5.41) is 0. The first-order valence-corrected chi connectivity index (χ1v) is 14.3. The predicted octanol–water partition coefficient (Wildman–Crippen LogP) is 5.80. The van der Waals surface area contributed by atoms with Gasteiger partial charge in [-0.05, 0) is 64.8 Å². The maximum atomic E-state index is 15.4. The van der Waals surface area contributed by atoms with Gasteiger partial charge < -0.3 is 9.47 Å². The number of carbonyl (C=O) groups excluding carboxylic acids is 1. The molecule has 0 unspecified atom stereocenters. The van der Waals surface area contributed by atoms with Gasteiger partial charge in [0.2, 0.25) is 15.9 Å². The molecule has 1 saturated carbocycles. The van der Waals surface area contributed by atoms with E-state index in [0.29, 0.717) is 15.9 Å². The lowest BCUT2D eigenvalue weighted by Crippen LogP contribution is -2.56. The van der Waals surface area contributed by atoms with Crippen LogP contribution in [0.4, 0.5) is 13.6 Å².